The third-order valence-electron chi connectivity index (χ3n) is 7.07. The van der Waals surface area contributed by atoms with Gasteiger partial charge in [-0.25, -0.2) is 8.78 Å². The van der Waals surface area contributed by atoms with Crippen LogP contribution < -0.4 is 20.7 Å². The molecular weight excluding hydrogens is 640 g/mol. The summed E-state index contributed by atoms with van der Waals surface area (Å²) >= 11 is 2.51. The van der Waals surface area contributed by atoms with Crippen LogP contribution in [0.4, 0.5) is 14.5 Å². The fourth-order valence-corrected chi connectivity index (χ4v) is 6.74. The highest BCUT2D eigenvalue weighted by Gasteiger charge is 2.49. The van der Waals surface area contributed by atoms with Gasteiger partial charge in [0, 0.05) is 11.4 Å². The standard InChI is InChI=1S/C32H33F2N3O7S2/c33-21-5-1-19(2-6-21)27(39)18-46-30-29(37(31(30)41)23-9-7-22(34)8-10-23)20-3-11-25(12-4-20)44-16-28(40)36-15-24(38)17-45-14-13-26(35)32(42)43/h1-12,26-27,29-30,39H,13-18,35H2,(H,36,40)(H,42,43)/t26-,27?,29+,30+/m0/s1. The Morgan fingerprint density at radius 3 is 2.24 bits per heavy atom. The molecule has 2 amide bonds. The van der Waals surface area contributed by atoms with Crippen molar-refractivity contribution in [3.05, 3.63) is 95.6 Å². The van der Waals surface area contributed by atoms with Crippen LogP contribution in [0.2, 0.25) is 0 Å². The molecule has 0 spiro atoms. The lowest BCUT2D eigenvalue weighted by molar-refractivity contribution is -0.138. The molecule has 1 unspecified atom stereocenters. The number of ether oxygens (including phenoxy) is 1. The monoisotopic (exact) mass is 673 g/mol. The Hall–Kier alpha value is -3.98. The highest BCUT2D eigenvalue weighted by molar-refractivity contribution is 8.00. The zero-order chi connectivity index (χ0) is 33.2. The SMILES string of the molecule is N[C@@H](CCSCC(=O)CNC(=O)COc1ccc([C@@H]2[C@@H](SCC(O)c3ccc(F)cc3)C(=O)N2c2ccc(F)cc2)cc1)C(=O)O. The van der Waals surface area contributed by atoms with Gasteiger partial charge < -0.3 is 30.9 Å². The summed E-state index contributed by atoms with van der Waals surface area (Å²) in [6.07, 6.45) is -0.689. The van der Waals surface area contributed by atoms with Crippen molar-refractivity contribution in [3.63, 3.8) is 0 Å². The quantitative estimate of drug-likeness (QED) is 0.123. The summed E-state index contributed by atoms with van der Waals surface area (Å²) in [5.41, 5.74) is 7.22. The van der Waals surface area contributed by atoms with Gasteiger partial charge in [0.25, 0.3) is 5.91 Å². The lowest BCUT2D eigenvalue weighted by Gasteiger charge is -2.47. The molecule has 5 N–H and O–H groups in total. The number of hydrogen-bond acceptors (Lipinski definition) is 9. The summed E-state index contributed by atoms with van der Waals surface area (Å²) in [4.78, 5) is 49.7. The zero-order valence-corrected chi connectivity index (χ0v) is 26.1. The fourth-order valence-electron chi connectivity index (χ4n) is 4.54. The van der Waals surface area contributed by atoms with Gasteiger partial charge in [0.05, 0.1) is 24.4 Å². The molecule has 1 fully saturated rings. The molecule has 1 saturated heterocycles. The predicted molar refractivity (Wildman–Crippen MR) is 172 cm³/mol. The molecule has 0 aromatic heterocycles. The van der Waals surface area contributed by atoms with Gasteiger partial charge in [-0.1, -0.05) is 24.3 Å². The first kappa shape index (κ1) is 34.9. The largest absolute Gasteiger partial charge is 0.484 e. The maximum Gasteiger partial charge on any atom is 0.320 e. The number of β-lactam (4-membered cyclic amide) rings is 1. The summed E-state index contributed by atoms with van der Waals surface area (Å²) in [5.74, 6) is -1.81. The van der Waals surface area contributed by atoms with Crippen LogP contribution in [-0.2, 0) is 19.2 Å². The molecule has 244 valence electrons. The number of hydrogen-bond donors (Lipinski definition) is 4. The summed E-state index contributed by atoms with van der Waals surface area (Å²) < 4.78 is 32.4. The van der Waals surface area contributed by atoms with Crippen LogP contribution in [0.1, 0.15) is 29.7 Å². The molecule has 3 aromatic rings. The topological polar surface area (TPSA) is 159 Å². The number of amides is 2. The van der Waals surface area contributed by atoms with Crippen molar-refractivity contribution in [1.29, 1.82) is 0 Å². The third-order valence-corrected chi connectivity index (χ3v) is 9.44. The molecular formula is C32H33F2N3O7S2. The van der Waals surface area contributed by atoms with Crippen LogP contribution in [0.5, 0.6) is 5.75 Å². The Balaban J connectivity index is 1.31. The van der Waals surface area contributed by atoms with Gasteiger partial charge in [-0.05, 0) is 71.8 Å². The van der Waals surface area contributed by atoms with Gasteiger partial charge >= 0.3 is 5.97 Å². The van der Waals surface area contributed by atoms with E-state index in [1.165, 1.54) is 72.1 Å². The molecule has 1 aliphatic heterocycles. The molecule has 1 heterocycles. The van der Waals surface area contributed by atoms with Crippen molar-refractivity contribution in [2.45, 2.75) is 29.9 Å². The van der Waals surface area contributed by atoms with E-state index in [-0.39, 0.29) is 42.8 Å². The van der Waals surface area contributed by atoms with Crippen molar-refractivity contribution in [2.75, 3.05) is 35.3 Å². The Morgan fingerprint density at radius 1 is 0.978 bits per heavy atom. The number of carbonyl (C=O) groups excluding carboxylic acids is 3. The number of rotatable bonds is 17. The average molecular weight is 674 g/mol. The number of aliphatic hydroxyl groups excluding tert-OH is 1. The van der Waals surface area contributed by atoms with Crippen LogP contribution in [0, 0.1) is 11.6 Å². The molecule has 1 aliphatic rings. The van der Waals surface area contributed by atoms with E-state index in [1.807, 2.05) is 0 Å². The Labute approximate surface area is 272 Å². The molecule has 4 rings (SSSR count). The fraction of sp³-hybridized carbons (Fsp3) is 0.312. The van der Waals surface area contributed by atoms with Crippen LogP contribution in [0.3, 0.4) is 0 Å². The van der Waals surface area contributed by atoms with E-state index < -0.39 is 46.9 Å². The van der Waals surface area contributed by atoms with Crippen molar-refractivity contribution >= 4 is 52.8 Å². The summed E-state index contributed by atoms with van der Waals surface area (Å²) in [7, 11) is 0. The molecule has 46 heavy (non-hydrogen) atoms. The number of thioether (sulfide) groups is 2. The second kappa shape index (κ2) is 16.5. The number of nitrogens with two attached hydrogens (primary N) is 1. The van der Waals surface area contributed by atoms with Crippen molar-refractivity contribution in [2.24, 2.45) is 5.73 Å². The van der Waals surface area contributed by atoms with Gasteiger partial charge in [0.1, 0.15) is 28.7 Å². The maximum absolute atomic E-state index is 13.6. The minimum absolute atomic E-state index is 0.109. The second-order valence-electron chi connectivity index (χ2n) is 10.4. The average Bonchev–Trinajstić information content (AvgIpc) is 3.04. The first-order valence-corrected chi connectivity index (χ1v) is 16.4. The summed E-state index contributed by atoms with van der Waals surface area (Å²) in [6.45, 7) is -0.528. The second-order valence-corrected chi connectivity index (χ2v) is 12.7. The first-order chi connectivity index (χ1) is 22.0. The minimum atomic E-state index is -1.10. The molecule has 0 bridgehead atoms. The van der Waals surface area contributed by atoms with Gasteiger partial charge in [0.15, 0.2) is 12.4 Å². The number of carbonyl (C=O) groups is 4. The molecule has 14 heteroatoms. The Bertz CT molecular complexity index is 1510. The van der Waals surface area contributed by atoms with Crippen molar-refractivity contribution in [3.8, 4) is 5.75 Å². The van der Waals surface area contributed by atoms with Crippen LogP contribution >= 0.6 is 23.5 Å². The number of nitrogens with zero attached hydrogens (tertiary/aromatic N) is 1. The van der Waals surface area contributed by atoms with Crippen LogP contribution in [0.15, 0.2) is 72.8 Å². The molecule has 0 aliphatic carbocycles. The van der Waals surface area contributed by atoms with E-state index in [1.54, 1.807) is 29.2 Å². The molecule has 0 saturated carbocycles. The number of benzene rings is 3. The minimum Gasteiger partial charge on any atom is -0.484 e. The van der Waals surface area contributed by atoms with Gasteiger partial charge in [-0.2, -0.15) is 11.8 Å². The molecule has 4 atom stereocenters. The van der Waals surface area contributed by atoms with E-state index in [4.69, 9.17) is 15.6 Å². The third kappa shape index (κ3) is 9.52. The molecule has 3 aromatic carbocycles. The highest BCUT2D eigenvalue weighted by atomic mass is 32.2. The van der Waals surface area contributed by atoms with Crippen LogP contribution in [0.25, 0.3) is 0 Å². The summed E-state index contributed by atoms with van der Waals surface area (Å²) in [5, 5.41) is 21.3. The van der Waals surface area contributed by atoms with E-state index in [0.717, 1.165) is 5.56 Å². The number of nitrogens with one attached hydrogen (secondary N) is 1. The lowest BCUT2D eigenvalue weighted by atomic mass is 9.92. The smallest absolute Gasteiger partial charge is 0.320 e. The number of aliphatic carboxylic acids is 1. The van der Waals surface area contributed by atoms with E-state index in [2.05, 4.69) is 5.32 Å². The predicted octanol–water partition coefficient (Wildman–Crippen LogP) is 3.49. The lowest BCUT2D eigenvalue weighted by Crippen LogP contribution is -2.57. The van der Waals surface area contributed by atoms with E-state index in [0.29, 0.717) is 22.8 Å². The molecule has 0 radical (unpaired) electrons. The number of halogens is 2. The molecule has 10 nitrogen and oxygen atoms in total. The maximum atomic E-state index is 13.6. The van der Waals surface area contributed by atoms with Crippen LogP contribution in [-0.4, -0.2) is 75.5 Å². The van der Waals surface area contributed by atoms with E-state index in [9.17, 15) is 33.1 Å². The number of carboxylic acids is 1. The first-order valence-electron chi connectivity index (χ1n) is 14.2. The number of aliphatic hydroxyl groups is 1. The van der Waals surface area contributed by atoms with Crippen molar-refractivity contribution in [1.82, 2.24) is 5.32 Å². The number of anilines is 1. The highest BCUT2D eigenvalue weighted by Crippen LogP contribution is 2.46. The Kier molecular flexibility index (Phi) is 12.5. The number of carboxylic acid groups (broad SMARTS) is 1. The van der Waals surface area contributed by atoms with Gasteiger partial charge in [-0.15, -0.1) is 11.8 Å². The van der Waals surface area contributed by atoms with Gasteiger partial charge in [-0.3, -0.25) is 19.2 Å². The van der Waals surface area contributed by atoms with E-state index >= 15 is 0 Å². The number of ketones is 1. The Morgan fingerprint density at radius 2 is 1.61 bits per heavy atom. The van der Waals surface area contributed by atoms with Gasteiger partial charge in [0.2, 0.25) is 5.91 Å². The normalized spacial score (nSPS) is 17.1. The summed E-state index contributed by atoms with van der Waals surface area (Å²) in [6, 6.07) is 16.4. The van der Waals surface area contributed by atoms with Crippen molar-refractivity contribution < 1.29 is 42.9 Å². The number of Topliss-reactive ketones (excluding diaryl/α,β-unsaturated/α-hetero) is 1. The zero-order valence-electron chi connectivity index (χ0n) is 24.5.